The van der Waals surface area contributed by atoms with Crippen molar-refractivity contribution in [1.82, 2.24) is 0 Å². The van der Waals surface area contributed by atoms with Crippen molar-refractivity contribution in [1.29, 1.82) is 0 Å². The summed E-state index contributed by atoms with van der Waals surface area (Å²) in [6, 6.07) is 0. The zero-order valence-electron chi connectivity index (χ0n) is 18.7. The molecule has 2 atom stereocenters. The molecule has 2 unspecified atom stereocenters. The zero-order chi connectivity index (χ0) is 21.2. The molecule has 0 saturated heterocycles. The lowest BCUT2D eigenvalue weighted by Gasteiger charge is -2.33. The largest absolute Gasteiger partial charge is 0.509 e. The molecule has 1 aliphatic rings. The minimum atomic E-state index is -0.624. The van der Waals surface area contributed by atoms with E-state index in [1.807, 2.05) is 41.5 Å². The first-order valence-electron chi connectivity index (χ1n) is 11.1. The molecule has 6 heteroatoms. The molecule has 6 nitrogen and oxygen atoms in total. The van der Waals surface area contributed by atoms with Crippen LogP contribution >= 0.6 is 0 Å². The third-order valence-corrected chi connectivity index (χ3v) is 6.57. The minimum Gasteiger partial charge on any atom is -0.431 e. The van der Waals surface area contributed by atoms with Crippen LogP contribution in [0.15, 0.2) is 0 Å². The summed E-state index contributed by atoms with van der Waals surface area (Å²) in [6.07, 6.45) is 5.52. The zero-order valence-corrected chi connectivity index (χ0v) is 18.7. The van der Waals surface area contributed by atoms with Gasteiger partial charge in [0.2, 0.25) is 0 Å². The molecular formula is C22H40O6. The molecule has 0 aliphatic heterocycles. The summed E-state index contributed by atoms with van der Waals surface area (Å²) in [4.78, 5) is 24.5. The highest BCUT2D eigenvalue weighted by Crippen LogP contribution is 2.29. The van der Waals surface area contributed by atoms with Crippen molar-refractivity contribution < 1.29 is 28.5 Å². The first-order chi connectivity index (χ1) is 13.3. The van der Waals surface area contributed by atoms with E-state index in [4.69, 9.17) is 18.9 Å². The van der Waals surface area contributed by atoms with Crippen molar-refractivity contribution in [2.75, 3.05) is 0 Å². The molecule has 0 aromatic heterocycles. The van der Waals surface area contributed by atoms with Crippen LogP contribution in [0.3, 0.4) is 0 Å². The van der Waals surface area contributed by atoms with Crippen molar-refractivity contribution in [3.8, 4) is 0 Å². The molecule has 164 valence electrons. The molecule has 1 rings (SSSR count). The third kappa shape index (κ3) is 6.85. The van der Waals surface area contributed by atoms with Gasteiger partial charge in [-0.25, -0.2) is 9.59 Å². The molecule has 0 bridgehead atoms. The van der Waals surface area contributed by atoms with Gasteiger partial charge in [-0.3, -0.25) is 0 Å². The van der Waals surface area contributed by atoms with Gasteiger partial charge < -0.3 is 18.9 Å². The molecule has 0 spiro atoms. The molecular weight excluding hydrogens is 360 g/mol. The van der Waals surface area contributed by atoms with E-state index in [2.05, 4.69) is 0 Å². The van der Waals surface area contributed by atoms with Gasteiger partial charge in [0.05, 0.1) is 0 Å². The second kappa shape index (κ2) is 11.5. The quantitative estimate of drug-likeness (QED) is 0.388. The Morgan fingerprint density at radius 3 is 1.29 bits per heavy atom. The van der Waals surface area contributed by atoms with Crippen molar-refractivity contribution in [2.45, 2.75) is 129 Å². The standard InChI is InChI=1S/C22H40O6/c1-7-21(8-2,9-3)27-19(23)25-17-14-13-15-18(16-17)26-20(24)28-22(10-4,11-5)12-6/h17-18H,7-16H2,1-6H3. The van der Waals surface area contributed by atoms with Crippen molar-refractivity contribution in [3.05, 3.63) is 0 Å². The summed E-state index contributed by atoms with van der Waals surface area (Å²) in [6.45, 7) is 12.1. The number of rotatable bonds is 10. The smallest absolute Gasteiger partial charge is 0.431 e. The van der Waals surface area contributed by atoms with Gasteiger partial charge in [-0.05, 0) is 57.8 Å². The van der Waals surface area contributed by atoms with Gasteiger partial charge in [0.15, 0.2) is 0 Å². The van der Waals surface area contributed by atoms with E-state index in [1.54, 1.807) is 0 Å². The van der Waals surface area contributed by atoms with Crippen LogP contribution in [0.2, 0.25) is 0 Å². The van der Waals surface area contributed by atoms with Gasteiger partial charge in [-0.2, -0.15) is 0 Å². The first-order valence-corrected chi connectivity index (χ1v) is 11.1. The van der Waals surface area contributed by atoms with Crippen LogP contribution in [0.4, 0.5) is 9.59 Å². The normalized spacial score (nSPS) is 20.4. The Labute approximate surface area is 170 Å². The lowest BCUT2D eigenvalue weighted by molar-refractivity contribution is -0.0845. The lowest BCUT2D eigenvalue weighted by atomic mass is 9.94. The third-order valence-electron chi connectivity index (χ3n) is 6.57. The molecule has 0 amide bonds. The second-order valence-corrected chi connectivity index (χ2v) is 7.84. The van der Waals surface area contributed by atoms with Gasteiger partial charge in [0, 0.05) is 6.42 Å². The Hall–Kier alpha value is -1.46. The monoisotopic (exact) mass is 400 g/mol. The SMILES string of the molecule is CCC(CC)(CC)OC(=O)OC1CCCC(OC(=O)OC(CC)(CC)CC)C1. The summed E-state index contributed by atoms with van der Waals surface area (Å²) >= 11 is 0. The molecule has 0 N–H and O–H groups in total. The number of hydrogen-bond donors (Lipinski definition) is 0. The topological polar surface area (TPSA) is 71.1 Å². The van der Waals surface area contributed by atoms with E-state index in [0.29, 0.717) is 6.42 Å². The number of carbonyl (C=O) groups excluding carboxylic acids is 2. The van der Waals surface area contributed by atoms with Crippen molar-refractivity contribution in [2.24, 2.45) is 0 Å². The van der Waals surface area contributed by atoms with Gasteiger partial charge in [0.1, 0.15) is 23.4 Å². The average Bonchev–Trinajstić information content (AvgIpc) is 2.70. The van der Waals surface area contributed by atoms with E-state index in [1.165, 1.54) is 0 Å². The molecule has 0 radical (unpaired) electrons. The molecule has 28 heavy (non-hydrogen) atoms. The maximum absolute atomic E-state index is 12.3. The van der Waals surface area contributed by atoms with Crippen LogP contribution in [-0.2, 0) is 18.9 Å². The Morgan fingerprint density at radius 1 is 0.679 bits per heavy atom. The van der Waals surface area contributed by atoms with E-state index >= 15 is 0 Å². The average molecular weight is 401 g/mol. The van der Waals surface area contributed by atoms with Crippen molar-refractivity contribution >= 4 is 12.3 Å². The number of ether oxygens (including phenoxy) is 4. The van der Waals surface area contributed by atoms with E-state index in [0.717, 1.165) is 57.8 Å². The Kier molecular flexibility index (Phi) is 10.1. The molecule has 1 aliphatic carbocycles. The molecule has 1 fully saturated rings. The van der Waals surface area contributed by atoms with Crippen LogP contribution in [0.1, 0.15) is 106 Å². The van der Waals surface area contributed by atoms with Crippen LogP contribution < -0.4 is 0 Å². The summed E-state index contributed by atoms with van der Waals surface area (Å²) in [7, 11) is 0. The summed E-state index contributed by atoms with van der Waals surface area (Å²) in [5, 5.41) is 0. The van der Waals surface area contributed by atoms with E-state index < -0.39 is 23.5 Å². The highest BCUT2D eigenvalue weighted by molar-refractivity contribution is 5.61. The summed E-state index contributed by atoms with van der Waals surface area (Å²) < 4.78 is 22.3. The molecule has 0 aromatic rings. The molecule has 0 heterocycles. The minimum absolute atomic E-state index is 0.296. The summed E-state index contributed by atoms with van der Waals surface area (Å²) in [5.41, 5.74) is -0.926. The Morgan fingerprint density at radius 2 is 1.00 bits per heavy atom. The predicted molar refractivity (Wildman–Crippen MR) is 108 cm³/mol. The van der Waals surface area contributed by atoms with Crippen LogP contribution in [0.5, 0.6) is 0 Å². The fourth-order valence-electron chi connectivity index (χ4n) is 3.92. The maximum atomic E-state index is 12.3. The fourth-order valence-corrected chi connectivity index (χ4v) is 3.92. The Balaban J connectivity index is 2.55. The number of hydrogen-bond acceptors (Lipinski definition) is 6. The Bertz CT molecular complexity index is 423. The highest BCUT2D eigenvalue weighted by Gasteiger charge is 2.34. The molecule has 1 saturated carbocycles. The first kappa shape index (κ1) is 24.6. The lowest BCUT2D eigenvalue weighted by Crippen LogP contribution is -2.38. The van der Waals surface area contributed by atoms with Crippen LogP contribution in [0.25, 0.3) is 0 Å². The maximum Gasteiger partial charge on any atom is 0.509 e. The number of carbonyl (C=O) groups is 2. The van der Waals surface area contributed by atoms with E-state index in [-0.39, 0.29) is 12.2 Å². The highest BCUT2D eigenvalue weighted by atomic mass is 16.7. The van der Waals surface area contributed by atoms with Gasteiger partial charge in [0.25, 0.3) is 0 Å². The van der Waals surface area contributed by atoms with Crippen molar-refractivity contribution in [3.63, 3.8) is 0 Å². The van der Waals surface area contributed by atoms with Gasteiger partial charge in [-0.1, -0.05) is 41.5 Å². The van der Waals surface area contributed by atoms with E-state index in [9.17, 15) is 9.59 Å². The summed E-state index contributed by atoms with van der Waals surface area (Å²) in [5.74, 6) is 0. The van der Waals surface area contributed by atoms with Crippen LogP contribution in [-0.4, -0.2) is 35.7 Å². The second-order valence-electron chi connectivity index (χ2n) is 7.84. The van der Waals surface area contributed by atoms with Crippen LogP contribution in [0, 0.1) is 0 Å². The fraction of sp³-hybridized carbons (Fsp3) is 0.909. The van der Waals surface area contributed by atoms with Gasteiger partial charge in [-0.15, -0.1) is 0 Å². The van der Waals surface area contributed by atoms with Gasteiger partial charge >= 0.3 is 12.3 Å². The predicted octanol–water partition coefficient (Wildman–Crippen LogP) is 6.54. The molecule has 0 aromatic carbocycles.